The number of carbonyl (C=O) groups is 2. The molecule has 31 heavy (non-hydrogen) atoms. The van der Waals surface area contributed by atoms with Crippen molar-refractivity contribution < 1.29 is 9.59 Å². The summed E-state index contributed by atoms with van der Waals surface area (Å²) in [5.74, 6) is 0.586. The van der Waals surface area contributed by atoms with E-state index in [1.54, 1.807) is 10.6 Å². The molecule has 1 atom stereocenters. The first-order valence-electron chi connectivity index (χ1n) is 10.2. The minimum Gasteiger partial charge on any atom is -0.342 e. The van der Waals surface area contributed by atoms with Gasteiger partial charge >= 0.3 is 0 Å². The van der Waals surface area contributed by atoms with Gasteiger partial charge in [0, 0.05) is 18.3 Å². The van der Waals surface area contributed by atoms with E-state index in [9.17, 15) is 9.59 Å². The van der Waals surface area contributed by atoms with Crippen LogP contribution in [0.4, 0.5) is 5.69 Å². The molecule has 2 amide bonds. The van der Waals surface area contributed by atoms with Crippen molar-refractivity contribution in [3.05, 3.63) is 71.0 Å². The van der Waals surface area contributed by atoms with Gasteiger partial charge in [-0.05, 0) is 43.5 Å². The minimum atomic E-state index is -0.329. The number of nitrogens with zero attached hydrogens (tertiary/aromatic N) is 3. The predicted molar refractivity (Wildman–Crippen MR) is 123 cm³/mol. The van der Waals surface area contributed by atoms with Crippen molar-refractivity contribution in [2.45, 2.75) is 38.4 Å². The molecule has 7 nitrogen and oxygen atoms in total. The van der Waals surface area contributed by atoms with E-state index in [2.05, 4.69) is 27.8 Å². The average molecular weight is 438 g/mol. The van der Waals surface area contributed by atoms with Crippen LogP contribution in [0.3, 0.4) is 0 Å². The first-order chi connectivity index (χ1) is 14.9. The summed E-state index contributed by atoms with van der Waals surface area (Å²) in [5, 5.41) is 15.0. The first-order valence-corrected chi connectivity index (χ1v) is 11.2. The van der Waals surface area contributed by atoms with Gasteiger partial charge in [0.05, 0.1) is 11.8 Å². The van der Waals surface area contributed by atoms with Gasteiger partial charge in [-0.1, -0.05) is 55.1 Å². The molecule has 1 heterocycles. The molecule has 0 aliphatic rings. The number of rotatable bonds is 8. The van der Waals surface area contributed by atoms with Crippen molar-refractivity contribution in [3.8, 4) is 0 Å². The van der Waals surface area contributed by atoms with Crippen molar-refractivity contribution in [2.75, 3.05) is 11.1 Å². The number of carbonyl (C=O) groups excluding carboxylic acids is 2. The highest BCUT2D eigenvalue weighted by Gasteiger charge is 2.19. The van der Waals surface area contributed by atoms with Crippen LogP contribution in [0.5, 0.6) is 0 Å². The molecule has 1 aromatic heterocycles. The minimum absolute atomic E-state index is 0.101. The third-order valence-electron chi connectivity index (χ3n) is 5.00. The lowest BCUT2D eigenvalue weighted by Gasteiger charge is -2.14. The van der Waals surface area contributed by atoms with Crippen LogP contribution < -0.4 is 10.6 Å². The van der Waals surface area contributed by atoms with Crippen molar-refractivity contribution >= 4 is 29.3 Å². The van der Waals surface area contributed by atoms with Crippen LogP contribution in [0, 0.1) is 6.92 Å². The SMILES string of the molecule is CCc1ccccc1NC(=O)CSc1nnc([C@@H](C)NC(=O)c2ccccc2C)n1C. The van der Waals surface area contributed by atoms with Crippen LogP contribution in [0.2, 0.25) is 0 Å². The van der Waals surface area contributed by atoms with Gasteiger partial charge < -0.3 is 15.2 Å². The number of hydrogen-bond donors (Lipinski definition) is 2. The summed E-state index contributed by atoms with van der Waals surface area (Å²) >= 11 is 1.31. The van der Waals surface area contributed by atoms with Gasteiger partial charge in [0.25, 0.3) is 5.91 Å². The highest BCUT2D eigenvalue weighted by Crippen LogP contribution is 2.21. The third kappa shape index (κ3) is 5.52. The van der Waals surface area contributed by atoms with Gasteiger partial charge in [-0.25, -0.2) is 0 Å². The molecule has 8 heteroatoms. The molecule has 0 unspecified atom stereocenters. The lowest BCUT2D eigenvalue weighted by atomic mass is 10.1. The van der Waals surface area contributed by atoms with Gasteiger partial charge in [0.1, 0.15) is 0 Å². The normalized spacial score (nSPS) is 11.7. The highest BCUT2D eigenvalue weighted by molar-refractivity contribution is 7.99. The number of thioether (sulfide) groups is 1. The summed E-state index contributed by atoms with van der Waals surface area (Å²) < 4.78 is 1.81. The fourth-order valence-electron chi connectivity index (χ4n) is 3.26. The fraction of sp³-hybridized carbons (Fsp3) is 0.304. The number of anilines is 1. The number of aryl methyl sites for hydroxylation is 2. The molecule has 0 bridgehead atoms. The summed E-state index contributed by atoms with van der Waals surface area (Å²) in [6.07, 6.45) is 0.850. The van der Waals surface area contributed by atoms with E-state index in [1.807, 2.05) is 63.4 Å². The molecule has 3 rings (SSSR count). The summed E-state index contributed by atoms with van der Waals surface area (Å²) in [4.78, 5) is 25.0. The van der Waals surface area contributed by atoms with Crippen LogP contribution in [0.25, 0.3) is 0 Å². The Balaban J connectivity index is 1.60. The molecule has 0 saturated carbocycles. The van der Waals surface area contributed by atoms with Gasteiger partial charge in [0.2, 0.25) is 5.91 Å². The molecule has 0 aliphatic heterocycles. The van der Waals surface area contributed by atoms with Gasteiger partial charge in [-0.3, -0.25) is 9.59 Å². The Morgan fingerprint density at radius 1 is 1.10 bits per heavy atom. The molecule has 0 aliphatic carbocycles. The smallest absolute Gasteiger partial charge is 0.252 e. The predicted octanol–water partition coefficient (Wildman–Crippen LogP) is 3.91. The van der Waals surface area contributed by atoms with Gasteiger partial charge in [-0.15, -0.1) is 10.2 Å². The fourth-order valence-corrected chi connectivity index (χ4v) is 3.98. The summed E-state index contributed by atoms with van der Waals surface area (Å²) in [6, 6.07) is 14.9. The zero-order valence-corrected chi connectivity index (χ0v) is 19.0. The first kappa shape index (κ1) is 22.6. The largest absolute Gasteiger partial charge is 0.342 e. The lowest BCUT2D eigenvalue weighted by molar-refractivity contribution is -0.113. The van der Waals surface area contributed by atoms with Crippen molar-refractivity contribution in [2.24, 2.45) is 7.05 Å². The number of para-hydroxylation sites is 1. The quantitative estimate of drug-likeness (QED) is 0.522. The van der Waals surface area contributed by atoms with E-state index in [-0.39, 0.29) is 23.6 Å². The van der Waals surface area contributed by atoms with E-state index in [0.29, 0.717) is 16.5 Å². The summed E-state index contributed by atoms with van der Waals surface area (Å²) in [5.41, 5.74) is 3.48. The van der Waals surface area contributed by atoms with E-state index in [1.165, 1.54) is 11.8 Å². The van der Waals surface area contributed by atoms with Crippen LogP contribution in [-0.4, -0.2) is 32.3 Å². The van der Waals surface area contributed by atoms with E-state index >= 15 is 0 Å². The monoisotopic (exact) mass is 437 g/mol. The second kappa shape index (κ2) is 10.3. The Kier molecular flexibility index (Phi) is 7.46. The van der Waals surface area contributed by atoms with Gasteiger partial charge in [-0.2, -0.15) is 0 Å². The third-order valence-corrected chi connectivity index (χ3v) is 6.02. The maximum absolute atomic E-state index is 12.6. The second-order valence-electron chi connectivity index (χ2n) is 7.26. The second-order valence-corrected chi connectivity index (χ2v) is 8.20. The van der Waals surface area contributed by atoms with Crippen LogP contribution in [0.1, 0.15) is 47.2 Å². The molecular formula is C23H27N5O2S. The van der Waals surface area contributed by atoms with Crippen LogP contribution in [-0.2, 0) is 18.3 Å². The number of nitrogens with one attached hydrogen (secondary N) is 2. The van der Waals surface area contributed by atoms with E-state index in [4.69, 9.17) is 0 Å². The molecule has 2 aromatic carbocycles. The maximum Gasteiger partial charge on any atom is 0.252 e. The zero-order chi connectivity index (χ0) is 22.4. The van der Waals surface area contributed by atoms with Crippen molar-refractivity contribution in [1.82, 2.24) is 20.1 Å². The van der Waals surface area contributed by atoms with E-state index < -0.39 is 0 Å². The van der Waals surface area contributed by atoms with Crippen molar-refractivity contribution in [1.29, 1.82) is 0 Å². The summed E-state index contributed by atoms with van der Waals surface area (Å²) in [6.45, 7) is 5.82. The van der Waals surface area contributed by atoms with Crippen molar-refractivity contribution in [3.63, 3.8) is 0 Å². The molecule has 162 valence electrons. The van der Waals surface area contributed by atoms with Gasteiger partial charge in [0.15, 0.2) is 11.0 Å². The number of amides is 2. The molecular weight excluding hydrogens is 410 g/mol. The molecule has 0 spiro atoms. The Bertz CT molecular complexity index is 1080. The van der Waals surface area contributed by atoms with Crippen LogP contribution in [0.15, 0.2) is 53.7 Å². The Morgan fingerprint density at radius 2 is 1.81 bits per heavy atom. The number of benzene rings is 2. The highest BCUT2D eigenvalue weighted by atomic mass is 32.2. The Hall–Kier alpha value is -3.13. The van der Waals surface area contributed by atoms with E-state index in [0.717, 1.165) is 23.2 Å². The Morgan fingerprint density at radius 3 is 2.55 bits per heavy atom. The lowest BCUT2D eigenvalue weighted by Crippen LogP contribution is -2.29. The zero-order valence-electron chi connectivity index (χ0n) is 18.2. The number of aromatic nitrogens is 3. The topological polar surface area (TPSA) is 88.9 Å². The maximum atomic E-state index is 12.6. The molecule has 2 N–H and O–H groups in total. The molecule has 0 radical (unpaired) electrons. The average Bonchev–Trinajstić information content (AvgIpc) is 3.13. The Labute approximate surface area is 186 Å². The molecule has 0 saturated heterocycles. The molecule has 3 aromatic rings. The standard InChI is InChI=1S/C23H27N5O2S/c1-5-17-11-7-9-13-19(17)25-20(29)14-31-23-27-26-21(28(23)4)16(3)24-22(30)18-12-8-6-10-15(18)2/h6-13,16H,5,14H2,1-4H3,(H,24,30)(H,25,29)/t16-/m1/s1. The van der Waals surface area contributed by atoms with Crippen LogP contribution >= 0.6 is 11.8 Å². The number of hydrogen-bond acceptors (Lipinski definition) is 5. The molecule has 0 fully saturated rings. The summed E-state index contributed by atoms with van der Waals surface area (Å²) in [7, 11) is 1.83.